The average Bonchev–Trinajstić information content (AvgIpc) is 3.35. The zero-order valence-corrected chi connectivity index (χ0v) is 34.1. The molecule has 57 heavy (non-hydrogen) atoms. The summed E-state index contributed by atoms with van der Waals surface area (Å²) in [5, 5.41) is 17.2. The SMILES string of the molecule is C=C1/C=C\C=C(\C)COC(/C(=C\C)N(c2ccc(C)cc2C)c2ccc3ccc4c5c(ccc2c35)C=CCC=4N(c2ccc(C)cc2C)c2ccccc2O)=C\1C. The van der Waals surface area contributed by atoms with Crippen molar-refractivity contribution < 1.29 is 9.84 Å². The number of phenolic OH excluding ortho intramolecular Hbond substituents is 1. The van der Waals surface area contributed by atoms with Gasteiger partial charge in [0.1, 0.15) is 18.1 Å². The number of rotatable bonds is 7. The first-order chi connectivity index (χ1) is 27.5. The molecule has 8 rings (SSSR count). The second kappa shape index (κ2) is 15.2. The van der Waals surface area contributed by atoms with E-state index in [4.69, 9.17) is 4.74 Å². The van der Waals surface area contributed by atoms with E-state index in [-0.39, 0.29) is 5.75 Å². The lowest BCUT2D eigenvalue weighted by atomic mass is 9.92. The third kappa shape index (κ3) is 6.76. The first-order valence-corrected chi connectivity index (χ1v) is 19.8. The Morgan fingerprint density at radius 2 is 1.44 bits per heavy atom. The Morgan fingerprint density at radius 1 is 0.737 bits per heavy atom. The van der Waals surface area contributed by atoms with E-state index in [1.165, 1.54) is 38.4 Å². The minimum Gasteiger partial charge on any atom is -0.506 e. The summed E-state index contributed by atoms with van der Waals surface area (Å²) < 4.78 is 6.77. The van der Waals surface area contributed by atoms with Gasteiger partial charge >= 0.3 is 0 Å². The largest absolute Gasteiger partial charge is 0.506 e. The highest BCUT2D eigenvalue weighted by Crippen LogP contribution is 2.45. The second-order valence-corrected chi connectivity index (χ2v) is 15.5. The van der Waals surface area contributed by atoms with Gasteiger partial charge in [-0.3, -0.25) is 0 Å². The van der Waals surface area contributed by atoms with E-state index >= 15 is 0 Å². The topological polar surface area (TPSA) is 35.9 Å². The van der Waals surface area contributed by atoms with E-state index in [1.807, 2.05) is 18.2 Å². The molecule has 0 amide bonds. The van der Waals surface area contributed by atoms with Crippen LogP contribution in [0.3, 0.4) is 0 Å². The van der Waals surface area contributed by atoms with E-state index in [2.05, 4.69) is 174 Å². The van der Waals surface area contributed by atoms with Crippen molar-refractivity contribution in [2.45, 2.75) is 54.9 Å². The first-order valence-electron chi connectivity index (χ1n) is 19.8. The monoisotopic (exact) mass is 746 g/mol. The molecule has 1 N–H and O–H groups in total. The molecular formula is C53H50N2O2. The molecule has 0 spiro atoms. The first kappa shape index (κ1) is 37.4. The summed E-state index contributed by atoms with van der Waals surface area (Å²) in [6.45, 7) is 19.8. The molecule has 0 aromatic heterocycles. The van der Waals surface area contributed by atoms with Crippen LogP contribution in [0, 0.1) is 27.7 Å². The Bertz CT molecular complexity index is 2830. The molecule has 6 aromatic rings. The van der Waals surface area contributed by atoms with Crippen molar-refractivity contribution in [2.24, 2.45) is 0 Å². The molecule has 1 heterocycles. The number of aryl methyl sites for hydroxylation is 4. The highest BCUT2D eigenvalue weighted by Gasteiger charge is 2.27. The van der Waals surface area contributed by atoms with Crippen molar-refractivity contribution in [3.8, 4) is 5.75 Å². The van der Waals surface area contributed by atoms with E-state index < -0.39 is 0 Å². The third-order valence-corrected chi connectivity index (χ3v) is 11.4. The fourth-order valence-corrected chi connectivity index (χ4v) is 8.50. The van der Waals surface area contributed by atoms with Crippen molar-refractivity contribution in [3.63, 3.8) is 0 Å². The van der Waals surface area contributed by atoms with Gasteiger partial charge in [-0.1, -0.05) is 121 Å². The normalized spacial score (nSPS) is 17.4. The van der Waals surface area contributed by atoms with Gasteiger partial charge in [-0.25, -0.2) is 0 Å². The van der Waals surface area contributed by atoms with Gasteiger partial charge in [-0.05, 0) is 128 Å². The van der Waals surface area contributed by atoms with Crippen molar-refractivity contribution >= 4 is 56.1 Å². The number of nitrogens with zero attached hydrogens (tertiary/aromatic N) is 2. The van der Waals surface area contributed by atoms with Crippen molar-refractivity contribution in [1.82, 2.24) is 0 Å². The highest BCUT2D eigenvalue weighted by molar-refractivity contribution is 6.18. The number of ether oxygens (including phenoxy) is 1. The molecule has 0 atom stereocenters. The summed E-state index contributed by atoms with van der Waals surface area (Å²) in [4.78, 5) is 4.64. The Kier molecular flexibility index (Phi) is 9.97. The Morgan fingerprint density at radius 3 is 2.16 bits per heavy atom. The number of hydrogen-bond donors (Lipinski definition) is 1. The van der Waals surface area contributed by atoms with Crippen LogP contribution in [0.25, 0.3) is 33.3 Å². The fraction of sp³-hybridized carbons (Fsp3) is 0.170. The minimum atomic E-state index is 0.239. The van der Waals surface area contributed by atoms with E-state index in [1.54, 1.807) is 6.07 Å². The van der Waals surface area contributed by atoms with Gasteiger partial charge < -0.3 is 19.6 Å². The second-order valence-electron chi connectivity index (χ2n) is 15.5. The molecule has 0 saturated carbocycles. The fourth-order valence-electron chi connectivity index (χ4n) is 8.50. The molecule has 1 aliphatic carbocycles. The van der Waals surface area contributed by atoms with Crippen molar-refractivity contribution in [1.29, 1.82) is 0 Å². The number of benzene rings is 6. The summed E-state index contributed by atoms with van der Waals surface area (Å²) in [5.74, 6) is 1.04. The van der Waals surface area contributed by atoms with Crippen LogP contribution in [0.4, 0.5) is 22.7 Å². The predicted molar refractivity (Wildman–Crippen MR) is 242 cm³/mol. The maximum atomic E-state index is 11.4. The lowest BCUT2D eigenvalue weighted by Gasteiger charge is -2.33. The molecule has 2 aliphatic rings. The molecule has 1 aliphatic heterocycles. The van der Waals surface area contributed by atoms with Gasteiger partial charge in [0.05, 0.1) is 17.1 Å². The Labute approximate surface area is 337 Å². The summed E-state index contributed by atoms with van der Waals surface area (Å²) >= 11 is 0. The maximum absolute atomic E-state index is 11.4. The molecule has 0 radical (unpaired) electrons. The van der Waals surface area contributed by atoms with Crippen LogP contribution in [-0.2, 0) is 4.74 Å². The van der Waals surface area contributed by atoms with Gasteiger partial charge in [-0.2, -0.15) is 0 Å². The smallest absolute Gasteiger partial charge is 0.146 e. The highest BCUT2D eigenvalue weighted by atomic mass is 16.5. The number of para-hydroxylation sites is 2. The standard InChI is InChI=1S/C53H50N2O2/c1-9-44(53-39(8)36(5)15-12-14-35(4)32-57-53)54(45-27-20-33(2)30-37(45)6)48-29-24-41-23-26-42-47(18-13-16-40-22-25-43(48)52(41)51(40)42)55(49-17-10-11-19-50(49)56)46-28-21-34(3)31-38(46)7/h9-17,19-31,56H,5,18,32H2,1-4,6-8H3/b15-12-,35-14-,44-9+,53-39-. The van der Waals surface area contributed by atoms with Crippen LogP contribution in [0.5, 0.6) is 5.75 Å². The summed E-state index contributed by atoms with van der Waals surface area (Å²) in [6, 6.07) is 34.5. The van der Waals surface area contributed by atoms with Crippen LogP contribution < -0.4 is 15.0 Å². The number of aromatic hydroxyl groups is 1. The Balaban J connectivity index is 1.45. The van der Waals surface area contributed by atoms with Gasteiger partial charge in [-0.15, -0.1) is 0 Å². The van der Waals surface area contributed by atoms with Gasteiger partial charge in [0.25, 0.3) is 0 Å². The quantitative estimate of drug-likeness (QED) is 0.176. The predicted octanol–water partition coefficient (Wildman–Crippen LogP) is 13.4. The van der Waals surface area contributed by atoms with Crippen molar-refractivity contribution in [3.05, 3.63) is 195 Å². The molecule has 284 valence electrons. The zero-order valence-electron chi connectivity index (χ0n) is 34.1. The number of hydrogen-bond acceptors (Lipinski definition) is 4. The lowest BCUT2D eigenvalue weighted by molar-refractivity contribution is 0.244. The van der Waals surface area contributed by atoms with Gasteiger partial charge in [0, 0.05) is 34.1 Å². The van der Waals surface area contributed by atoms with Crippen LogP contribution in [0.2, 0.25) is 0 Å². The van der Waals surface area contributed by atoms with E-state index in [0.29, 0.717) is 13.0 Å². The molecule has 6 aromatic carbocycles. The summed E-state index contributed by atoms with van der Waals surface area (Å²) in [5.41, 5.74) is 14.9. The lowest BCUT2D eigenvalue weighted by Crippen LogP contribution is -2.24. The third-order valence-electron chi connectivity index (χ3n) is 11.4. The number of anilines is 4. The van der Waals surface area contributed by atoms with Gasteiger partial charge in [0.15, 0.2) is 0 Å². The number of allylic oxidation sites excluding steroid dienone is 6. The molecular weight excluding hydrogens is 697 g/mol. The van der Waals surface area contributed by atoms with Crippen LogP contribution in [-0.4, -0.2) is 11.7 Å². The van der Waals surface area contributed by atoms with E-state index in [0.717, 1.165) is 72.8 Å². The van der Waals surface area contributed by atoms with Gasteiger partial charge in [0.2, 0.25) is 0 Å². The minimum absolute atomic E-state index is 0.239. The van der Waals surface area contributed by atoms with Crippen LogP contribution >= 0.6 is 0 Å². The molecule has 4 heteroatoms. The summed E-state index contributed by atoms with van der Waals surface area (Å²) in [6.07, 6.45) is 13.6. The summed E-state index contributed by atoms with van der Waals surface area (Å²) in [7, 11) is 0. The molecule has 0 unspecified atom stereocenters. The average molecular weight is 747 g/mol. The number of phenols is 1. The van der Waals surface area contributed by atoms with Crippen LogP contribution in [0.1, 0.15) is 55.0 Å². The van der Waals surface area contributed by atoms with E-state index in [9.17, 15) is 5.11 Å². The molecule has 0 fully saturated rings. The molecule has 0 saturated heterocycles. The molecule has 4 nitrogen and oxygen atoms in total. The van der Waals surface area contributed by atoms with Crippen LogP contribution in [0.15, 0.2) is 162 Å². The van der Waals surface area contributed by atoms with Crippen molar-refractivity contribution in [2.75, 3.05) is 16.4 Å². The molecule has 0 bridgehead atoms. The Hall–Kier alpha value is -6.52. The zero-order chi connectivity index (χ0) is 40.0. The maximum Gasteiger partial charge on any atom is 0.146 e.